The van der Waals surface area contributed by atoms with Crippen molar-refractivity contribution >= 4 is 0 Å². The molecular formula is C109H152. The minimum absolute atomic E-state index is 1.34. The molecule has 0 fully saturated rings. The molecule has 0 aliphatic carbocycles. The van der Waals surface area contributed by atoms with Crippen molar-refractivity contribution < 1.29 is 0 Å². The van der Waals surface area contributed by atoms with Crippen molar-refractivity contribution in [1.29, 1.82) is 0 Å². The fourth-order valence-corrected chi connectivity index (χ4v) is 13.0. The number of hydrogen-bond donors (Lipinski definition) is 0. The largest absolute Gasteiger partial charge is 0.0617 e. The van der Waals surface area contributed by atoms with Crippen LogP contribution in [0.1, 0.15) is 239 Å². The highest BCUT2D eigenvalue weighted by Gasteiger charge is 2.09. The Bertz CT molecular complexity index is 4280. The molecule has 11 rings (SSSR count). The molecule has 0 heteroatoms. The molecule has 0 nitrogen and oxygen atoms in total. The Kier molecular flexibility index (Phi) is 42.3. The zero-order valence-electron chi connectivity index (χ0n) is 77.8. The fraction of sp³-hybridized carbons (Fsp3) is 0.394. The van der Waals surface area contributed by atoms with Gasteiger partial charge in [0.1, 0.15) is 0 Å². The van der Waals surface area contributed by atoms with Crippen LogP contribution in [-0.2, 0) is 0 Å². The Morgan fingerprint density at radius 2 is 0.248 bits per heavy atom. The van der Waals surface area contributed by atoms with Gasteiger partial charge in [-0.1, -0.05) is 184 Å². The van der Waals surface area contributed by atoms with Crippen LogP contribution in [0.2, 0.25) is 0 Å². The summed E-state index contributed by atoms with van der Waals surface area (Å²) in [5.74, 6) is 0. The van der Waals surface area contributed by atoms with Crippen molar-refractivity contribution in [2.75, 3.05) is 0 Å². The first-order valence-electron chi connectivity index (χ1n) is 39.8. The number of rotatable bonds is 0. The summed E-state index contributed by atoms with van der Waals surface area (Å²) in [5.41, 5.74) is 60.4. The van der Waals surface area contributed by atoms with Gasteiger partial charge in [0, 0.05) is 0 Å². The van der Waals surface area contributed by atoms with Gasteiger partial charge >= 0.3 is 0 Å². The maximum Gasteiger partial charge on any atom is -0.0392 e. The molecule has 0 heterocycles. The lowest BCUT2D eigenvalue weighted by atomic mass is 9.90. The van der Waals surface area contributed by atoms with E-state index in [1.165, 1.54) is 239 Å². The summed E-state index contributed by atoms with van der Waals surface area (Å²) in [6.07, 6.45) is 0. The van der Waals surface area contributed by atoms with Gasteiger partial charge in [-0.2, -0.15) is 0 Å². The molecule has 0 N–H and O–H groups in total. The van der Waals surface area contributed by atoms with E-state index in [9.17, 15) is 0 Å². The topological polar surface area (TPSA) is 0 Å². The van der Waals surface area contributed by atoms with Gasteiger partial charge in [-0.15, -0.1) is 0 Å². The van der Waals surface area contributed by atoms with Crippen molar-refractivity contribution in [3.8, 4) is 0 Å². The van der Waals surface area contributed by atoms with E-state index >= 15 is 0 Å². The van der Waals surface area contributed by atoms with Crippen LogP contribution in [0.5, 0.6) is 0 Å². The van der Waals surface area contributed by atoms with E-state index in [-0.39, 0.29) is 0 Å². The smallest absolute Gasteiger partial charge is 0.0392 e. The molecule has 109 heavy (non-hydrogen) atoms. The number of hydrogen-bond acceptors (Lipinski definition) is 0. The van der Waals surface area contributed by atoms with Crippen LogP contribution >= 0.6 is 0 Å². The Labute approximate surface area is 672 Å². The standard InChI is InChI=1S/C12H18.2C11H16.4C10H14.3C9H12.C8H10/c1-7-8(2)10(4)12(6)11(5)9(7)3;2*1-7-6-8(2)10(4)11(5)9(7)3;1-7-5-9(3)10(4)6-8(7)2;2*1-7-5-8(2)10(4)9(3)6-7;1-7-5-6-8(2)10(4)9(7)3;1-7-4-8(2)6-9(3)5-7;1-7-4-5-8(2)9(3)6-7;1-7-5-4-6-8(2)9(7)3;1-7-4-3-5-8(2)6-7/h1-6H3;2*6H,1-5H3;4*5-6H,1-4H3;3*4-6H,1-3H3;3-6H,1-2H3. The first-order chi connectivity index (χ1) is 50.4. The quantitative estimate of drug-likeness (QED) is 0.142. The van der Waals surface area contributed by atoms with Crippen LogP contribution in [0.15, 0.2) is 140 Å². The lowest BCUT2D eigenvalue weighted by Crippen LogP contribution is -1.98. The molecule has 0 saturated heterocycles. The molecule has 0 saturated carbocycles. The van der Waals surface area contributed by atoms with Crippen molar-refractivity contribution in [3.63, 3.8) is 0 Å². The second-order valence-electron chi connectivity index (χ2n) is 32.5. The highest BCUT2D eigenvalue weighted by Crippen LogP contribution is 2.26. The number of benzene rings is 11. The molecular weight excluding hydrogens is 1310 g/mol. The fourth-order valence-electron chi connectivity index (χ4n) is 13.0. The van der Waals surface area contributed by atoms with E-state index in [0.29, 0.717) is 0 Å². The molecule has 0 spiro atoms. The van der Waals surface area contributed by atoms with Crippen molar-refractivity contribution in [1.82, 2.24) is 0 Å². The van der Waals surface area contributed by atoms with E-state index in [4.69, 9.17) is 0 Å². The Balaban J connectivity index is 0.000000600. The molecule has 0 amide bonds. The Morgan fingerprint density at radius 3 is 0.477 bits per heavy atom. The molecule has 0 unspecified atom stereocenters. The molecule has 0 aliphatic heterocycles. The van der Waals surface area contributed by atoms with E-state index in [1.807, 2.05) is 0 Å². The van der Waals surface area contributed by atoms with E-state index in [1.54, 1.807) is 0 Å². The van der Waals surface area contributed by atoms with Crippen LogP contribution in [0.3, 0.4) is 0 Å². The summed E-state index contributed by atoms with van der Waals surface area (Å²) >= 11 is 0. The second-order valence-corrected chi connectivity index (χ2v) is 32.5. The second kappa shape index (κ2) is 46.8. The predicted octanol–water partition coefficient (Wildman–Crippen LogP) is 31.8. The third-order valence-corrected chi connectivity index (χ3v) is 23.5. The molecule has 588 valence electrons. The lowest BCUT2D eigenvalue weighted by Gasteiger charge is -2.15. The molecule has 0 bridgehead atoms. The monoisotopic (exact) mass is 1460 g/mol. The molecule has 11 aromatic carbocycles. The SMILES string of the molecule is Cc1c(C)c(C)c(C)c(C)c1C.Cc1cc(C)c(C)c(C)c1.Cc1cc(C)c(C)c(C)c1.Cc1cc(C)c(C)c(C)c1C.Cc1cc(C)c(C)c(C)c1C.Cc1cc(C)c(C)cc1C.Cc1cc(C)cc(C)c1.Cc1ccc(C)c(C)c1.Cc1ccc(C)c(C)c1C.Cc1cccc(C)c1.Cc1cccc(C)c1C. The average Bonchev–Trinajstić information content (AvgIpc) is 0.820. The van der Waals surface area contributed by atoms with Gasteiger partial charge in [0.25, 0.3) is 0 Å². The zero-order chi connectivity index (χ0) is 84.1. The van der Waals surface area contributed by atoms with E-state index in [2.05, 4.69) is 437 Å². The highest BCUT2D eigenvalue weighted by molar-refractivity contribution is 5.49. The van der Waals surface area contributed by atoms with Gasteiger partial charge in [0.05, 0.1) is 0 Å². The minimum Gasteiger partial charge on any atom is -0.0617 e. The Hall–Kier alpha value is -8.58. The molecule has 0 aromatic heterocycles. The van der Waals surface area contributed by atoms with Crippen LogP contribution in [-0.4, -0.2) is 0 Å². The van der Waals surface area contributed by atoms with Gasteiger partial charge in [0.2, 0.25) is 0 Å². The molecule has 11 aromatic rings. The van der Waals surface area contributed by atoms with Gasteiger partial charge in [-0.3, -0.25) is 0 Å². The summed E-state index contributed by atoms with van der Waals surface area (Å²) in [6.45, 7) is 93.1. The third-order valence-electron chi connectivity index (χ3n) is 23.5. The summed E-state index contributed by atoms with van der Waals surface area (Å²) in [4.78, 5) is 0. The summed E-state index contributed by atoms with van der Waals surface area (Å²) < 4.78 is 0. The summed E-state index contributed by atoms with van der Waals surface area (Å²) in [5, 5.41) is 0. The van der Waals surface area contributed by atoms with Crippen LogP contribution in [0, 0.1) is 298 Å². The maximum atomic E-state index is 2.26. The van der Waals surface area contributed by atoms with Crippen molar-refractivity contribution in [2.45, 2.75) is 298 Å². The van der Waals surface area contributed by atoms with Crippen LogP contribution in [0.25, 0.3) is 0 Å². The predicted molar refractivity (Wildman–Crippen MR) is 495 cm³/mol. The molecule has 0 atom stereocenters. The van der Waals surface area contributed by atoms with Crippen LogP contribution < -0.4 is 0 Å². The summed E-state index contributed by atoms with van der Waals surface area (Å²) in [7, 11) is 0. The first kappa shape index (κ1) is 98.4. The minimum atomic E-state index is 1.34. The average molecular weight is 1460 g/mol. The van der Waals surface area contributed by atoms with Gasteiger partial charge in [-0.05, 0) is 492 Å². The molecule has 0 aliphatic rings. The van der Waals surface area contributed by atoms with E-state index < -0.39 is 0 Å². The zero-order valence-corrected chi connectivity index (χ0v) is 77.8. The summed E-state index contributed by atoms with van der Waals surface area (Å²) in [6, 6.07) is 50.2. The van der Waals surface area contributed by atoms with Gasteiger partial charge < -0.3 is 0 Å². The number of aryl methyl sites for hydroxylation is 26. The molecule has 0 radical (unpaired) electrons. The van der Waals surface area contributed by atoms with Crippen molar-refractivity contribution in [3.05, 3.63) is 379 Å². The van der Waals surface area contributed by atoms with Gasteiger partial charge in [0.15, 0.2) is 0 Å². The normalized spacial score (nSPS) is 9.97. The van der Waals surface area contributed by atoms with Gasteiger partial charge in [-0.25, -0.2) is 0 Å². The first-order valence-corrected chi connectivity index (χ1v) is 39.8. The lowest BCUT2D eigenvalue weighted by molar-refractivity contribution is 1.13. The third kappa shape index (κ3) is 32.9. The maximum absolute atomic E-state index is 2.26. The van der Waals surface area contributed by atoms with Crippen molar-refractivity contribution in [2.24, 2.45) is 0 Å². The van der Waals surface area contributed by atoms with Crippen LogP contribution in [0.4, 0.5) is 0 Å². The van der Waals surface area contributed by atoms with E-state index in [0.717, 1.165) is 0 Å². The Morgan fingerprint density at radius 1 is 0.0917 bits per heavy atom. The highest BCUT2D eigenvalue weighted by atomic mass is 14.1.